The molecule has 0 aliphatic carbocycles. The van der Waals surface area contributed by atoms with Crippen LogP contribution >= 0.6 is 11.3 Å². The monoisotopic (exact) mass is 446 g/mol. The van der Waals surface area contributed by atoms with Crippen LogP contribution in [0, 0.1) is 0 Å². The molecule has 0 atom stereocenters. The van der Waals surface area contributed by atoms with Crippen LogP contribution in [0.1, 0.15) is 15.2 Å². The second-order valence-electron chi connectivity index (χ2n) is 7.68. The Morgan fingerprint density at radius 1 is 0.906 bits per heavy atom. The van der Waals surface area contributed by atoms with E-state index in [4.69, 9.17) is 0 Å². The van der Waals surface area contributed by atoms with Crippen molar-refractivity contribution in [2.24, 2.45) is 0 Å². The molecule has 6 nitrogen and oxygen atoms in total. The second-order valence-corrected chi connectivity index (χ2v) is 8.66. The van der Waals surface area contributed by atoms with E-state index in [9.17, 15) is 9.59 Å². The molecule has 1 saturated heterocycles. The van der Waals surface area contributed by atoms with Crippen molar-refractivity contribution in [2.45, 2.75) is 0 Å². The molecule has 0 saturated carbocycles. The van der Waals surface area contributed by atoms with E-state index in [1.54, 1.807) is 30.3 Å². The third-order valence-electron chi connectivity index (χ3n) is 5.35. The van der Waals surface area contributed by atoms with Gasteiger partial charge in [-0.15, -0.1) is 11.3 Å². The minimum absolute atomic E-state index is 0.199. The first kappa shape index (κ1) is 21.8. The summed E-state index contributed by atoms with van der Waals surface area (Å²) < 4.78 is 0. The zero-order chi connectivity index (χ0) is 22.3. The maximum absolute atomic E-state index is 13.0. The third kappa shape index (κ3) is 5.63. The lowest BCUT2D eigenvalue weighted by Gasteiger charge is -2.34. The number of benzene rings is 2. The van der Waals surface area contributed by atoms with Gasteiger partial charge in [0.2, 0.25) is 0 Å². The van der Waals surface area contributed by atoms with Gasteiger partial charge in [-0.2, -0.15) is 0 Å². The van der Waals surface area contributed by atoms with Gasteiger partial charge in [0.25, 0.3) is 11.8 Å². The summed E-state index contributed by atoms with van der Waals surface area (Å²) in [7, 11) is 2.13. The zero-order valence-corrected chi connectivity index (χ0v) is 18.8. The van der Waals surface area contributed by atoms with Crippen molar-refractivity contribution in [1.29, 1.82) is 0 Å². The van der Waals surface area contributed by atoms with Crippen molar-refractivity contribution >= 4 is 40.6 Å². The fourth-order valence-corrected chi connectivity index (χ4v) is 4.13. The van der Waals surface area contributed by atoms with E-state index < -0.39 is 0 Å². The molecule has 1 aliphatic heterocycles. The van der Waals surface area contributed by atoms with Gasteiger partial charge in [-0.05, 0) is 61.0 Å². The van der Waals surface area contributed by atoms with E-state index in [0.717, 1.165) is 36.7 Å². The molecule has 2 amide bonds. The number of hydrogen-bond donors (Lipinski definition) is 2. The summed E-state index contributed by atoms with van der Waals surface area (Å²) in [4.78, 5) is 31.2. The predicted molar refractivity (Wildman–Crippen MR) is 131 cm³/mol. The number of amides is 2. The van der Waals surface area contributed by atoms with Crippen LogP contribution in [0.5, 0.6) is 0 Å². The molecule has 2 N–H and O–H groups in total. The van der Waals surface area contributed by atoms with Gasteiger partial charge in [0.15, 0.2) is 0 Å². The highest BCUT2D eigenvalue weighted by Crippen LogP contribution is 2.20. The van der Waals surface area contributed by atoms with Gasteiger partial charge in [-0.25, -0.2) is 0 Å². The number of anilines is 2. The van der Waals surface area contributed by atoms with Crippen molar-refractivity contribution in [3.8, 4) is 0 Å². The first-order valence-corrected chi connectivity index (χ1v) is 11.4. The molecule has 3 aromatic rings. The largest absolute Gasteiger partial charge is 0.369 e. The van der Waals surface area contributed by atoms with E-state index in [1.807, 2.05) is 47.8 Å². The molecule has 2 heterocycles. The lowest BCUT2D eigenvalue weighted by molar-refractivity contribution is -0.113. The van der Waals surface area contributed by atoms with Gasteiger partial charge < -0.3 is 20.4 Å². The molecular weight excluding hydrogens is 420 g/mol. The summed E-state index contributed by atoms with van der Waals surface area (Å²) in [5, 5.41) is 7.60. The van der Waals surface area contributed by atoms with Gasteiger partial charge in [-0.1, -0.05) is 24.3 Å². The summed E-state index contributed by atoms with van der Waals surface area (Å²) in [6.45, 7) is 4.05. The van der Waals surface area contributed by atoms with Crippen LogP contribution in [0.15, 0.2) is 77.8 Å². The van der Waals surface area contributed by atoms with Crippen LogP contribution in [-0.4, -0.2) is 49.9 Å². The lowest BCUT2D eigenvalue weighted by Crippen LogP contribution is -2.44. The molecule has 0 unspecified atom stereocenters. The standard InChI is InChI=1S/C25H26N4O2S/c1-28-13-15-29(16-14-28)21-11-9-20(10-12-21)26-25(31)23(18-22-8-5-17-32-22)27-24(30)19-6-3-2-4-7-19/h2-12,17-18H,13-16H2,1H3,(H,26,31)(H,27,30)/b23-18-. The first-order chi connectivity index (χ1) is 15.6. The quantitative estimate of drug-likeness (QED) is 0.564. The molecule has 7 heteroatoms. The Labute approximate surface area is 192 Å². The Bertz CT molecular complexity index is 1070. The third-order valence-corrected chi connectivity index (χ3v) is 6.17. The summed E-state index contributed by atoms with van der Waals surface area (Å²) in [6.07, 6.45) is 1.69. The molecule has 0 spiro atoms. The minimum Gasteiger partial charge on any atom is -0.369 e. The number of likely N-dealkylation sites (N-methyl/N-ethyl adjacent to an activating group) is 1. The molecule has 164 valence electrons. The maximum Gasteiger partial charge on any atom is 0.272 e. The van der Waals surface area contributed by atoms with Crippen LogP contribution in [0.2, 0.25) is 0 Å². The Morgan fingerprint density at radius 3 is 2.28 bits per heavy atom. The van der Waals surface area contributed by atoms with Gasteiger partial charge in [-0.3, -0.25) is 9.59 Å². The number of thiophene rings is 1. The van der Waals surface area contributed by atoms with Gasteiger partial charge in [0.1, 0.15) is 5.70 Å². The second kappa shape index (κ2) is 10.3. The van der Waals surface area contributed by atoms with Crippen LogP contribution in [0.3, 0.4) is 0 Å². The van der Waals surface area contributed by atoms with Crippen molar-refractivity contribution < 1.29 is 9.59 Å². The van der Waals surface area contributed by atoms with E-state index in [1.165, 1.54) is 11.3 Å². The van der Waals surface area contributed by atoms with E-state index in [-0.39, 0.29) is 17.5 Å². The Balaban J connectivity index is 1.47. The SMILES string of the molecule is CN1CCN(c2ccc(NC(=O)/C(=C/c3cccs3)NC(=O)c3ccccc3)cc2)CC1. The van der Waals surface area contributed by atoms with Crippen molar-refractivity contribution in [3.63, 3.8) is 0 Å². The number of nitrogens with zero attached hydrogens (tertiary/aromatic N) is 2. The van der Waals surface area contributed by atoms with Crippen LogP contribution < -0.4 is 15.5 Å². The number of hydrogen-bond acceptors (Lipinski definition) is 5. The molecule has 4 rings (SSSR count). The first-order valence-electron chi connectivity index (χ1n) is 10.5. The topological polar surface area (TPSA) is 64.7 Å². The van der Waals surface area contributed by atoms with Crippen molar-refractivity contribution in [1.82, 2.24) is 10.2 Å². The van der Waals surface area contributed by atoms with E-state index >= 15 is 0 Å². The molecule has 1 aliphatic rings. The van der Waals surface area contributed by atoms with Crippen molar-refractivity contribution in [3.05, 3.63) is 88.2 Å². The van der Waals surface area contributed by atoms with Crippen LogP contribution in [0.25, 0.3) is 6.08 Å². The predicted octanol–water partition coefficient (Wildman–Crippen LogP) is 3.91. The van der Waals surface area contributed by atoms with E-state index in [0.29, 0.717) is 11.3 Å². The van der Waals surface area contributed by atoms with Crippen LogP contribution in [0.4, 0.5) is 11.4 Å². The number of rotatable bonds is 6. The Morgan fingerprint density at radius 2 is 1.62 bits per heavy atom. The molecule has 32 heavy (non-hydrogen) atoms. The smallest absolute Gasteiger partial charge is 0.272 e. The van der Waals surface area contributed by atoms with Gasteiger partial charge >= 0.3 is 0 Å². The Kier molecular flexibility index (Phi) is 6.99. The Hall–Kier alpha value is -3.42. The molecule has 2 aromatic carbocycles. The highest BCUT2D eigenvalue weighted by atomic mass is 32.1. The fraction of sp³-hybridized carbons (Fsp3) is 0.200. The summed E-state index contributed by atoms with van der Waals surface area (Å²) in [6, 6.07) is 20.5. The summed E-state index contributed by atoms with van der Waals surface area (Å²) >= 11 is 1.50. The minimum atomic E-state index is -0.366. The normalized spacial score (nSPS) is 14.8. The molecular formula is C25H26N4O2S. The summed E-state index contributed by atoms with van der Waals surface area (Å²) in [5.74, 6) is -0.691. The maximum atomic E-state index is 13.0. The number of nitrogens with one attached hydrogen (secondary N) is 2. The molecule has 0 bridgehead atoms. The number of piperazine rings is 1. The summed E-state index contributed by atoms with van der Waals surface area (Å²) in [5.41, 5.74) is 2.51. The van der Waals surface area contributed by atoms with E-state index in [2.05, 4.69) is 27.5 Å². The van der Waals surface area contributed by atoms with Crippen LogP contribution in [-0.2, 0) is 4.79 Å². The zero-order valence-electron chi connectivity index (χ0n) is 18.0. The van der Waals surface area contributed by atoms with Crippen molar-refractivity contribution in [2.75, 3.05) is 43.4 Å². The number of carbonyl (C=O) groups is 2. The average molecular weight is 447 g/mol. The molecule has 1 fully saturated rings. The van der Waals surface area contributed by atoms with Gasteiger partial charge in [0, 0.05) is 48.0 Å². The number of carbonyl (C=O) groups excluding carboxylic acids is 2. The van der Waals surface area contributed by atoms with Gasteiger partial charge in [0.05, 0.1) is 0 Å². The highest BCUT2D eigenvalue weighted by molar-refractivity contribution is 7.10. The highest BCUT2D eigenvalue weighted by Gasteiger charge is 2.17. The fourth-order valence-electron chi connectivity index (χ4n) is 3.48. The molecule has 1 aromatic heterocycles. The average Bonchev–Trinajstić information content (AvgIpc) is 3.33. The lowest BCUT2D eigenvalue weighted by atomic mass is 10.2. The molecule has 0 radical (unpaired) electrons.